The minimum atomic E-state index is -0.192. The monoisotopic (exact) mass is 351 g/mol. The lowest BCUT2D eigenvalue weighted by atomic mass is 10.1. The molecule has 0 aliphatic heterocycles. The summed E-state index contributed by atoms with van der Waals surface area (Å²) in [6, 6.07) is 14.8. The molecule has 0 radical (unpaired) electrons. The van der Waals surface area contributed by atoms with Crippen LogP contribution < -0.4 is 10.3 Å². The molecule has 6 nitrogen and oxygen atoms in total. The topological polar surface area (TPSA) is 75.3 Å². The molecular weight excluding hydrogens is 330 g/mol. The first-order valence-corrected chi connectivity index (χ1v) is 8.41. The van der Waals surface area contributed by atoms with E-state index in [1.54, 1.807) is 37.3 Å². The van der Waals surface area contributed by atoms with Crippen molar-refractivity contribution in [3.8, 4) is 5.75 Å². The molecule has 0 unspecified atom stereocenters. The molecular formula is C20H21N3O3. The molecule has 0 fully saturated rings. The van der Waals surface area contributed by atoms with Crippen LogP contribution in [0.15, 0.2) is 53.3 Å². The highest BCUT2D eigenvalue weighted by Gasteiger charge is 2.12. The van der Waals surface area contributed by atoms with Gasteiger partial charge in [0.25, 0.3) is 5.56 Å². The van der Waals surface area contributed by atoms with Crippen LogP contribution in [0.4, 0.5) is 0 Å². The molecule has 0 atom stereocenters. The number of ether oxygens (including phenoxy) is 1. The predicted octanol–water partition coefficient (Wildman–Crippen LogP) is 2.52. The van der Waals surface area contributed by atoms with Crippen LogP contribution in [0.5, 0.6) is 5.75 Å². The van der Waals surface area contributed by atoms with Gasteiger partial charge in [-0.1, -0.05) is 24.3 Å². The van der Waals surface area contributed by atoms with Crippen molar-refractivity contribution in [3.05, 3.63) is 70.3 Å². The van der Waals surface area contributed by atoms with Gasteiger partial charge >= 0.3 is 0 Å². The summed E-state index contributed by atoms with van der Waals surface area (Å²) in [7, 11) is 3.33. The van der Waals surface area contributed by atoms with Gasteiger partial charge < -0.3 is 14.6 Å². The molecule has 3 rings (SSSR count). The smallest absolute Gasteiger partial charge is 0.258 e. The Balaban J connectivity index is 1.64. The van der Waals surface area contributed by atoms with Crippen LogP contribution in [0.2, 0.25) is 0 Å². The lowest BCUT2D eigenvalue weighted by Gasteiger charge is -2.17. The number of carbonyl (C=O) groups excluding carboxylic acids is 1. The molecule has 3 aromatic rings. The number of aromatic amines is 1. The Hall–Kier alpha value is -3.15. The van der Waals surface area contributed by atoms with Gasteiger partial charge in [-0.2, -0.15) is 0 Å². The van der Waals surface area contributed by atoms with Crippen molar-refractivity contribution in [1.29, 1.82) is 0 Å². The van der Waals surface area contributed by atoms with Crippen LogP contribution in [0.25, 0.3) is 10.9 Å². The summed E-state index contributed by atoms with van der Waals surface area (Å²) in [4.78, 5) is 33.3. The van der Waals surface area contributed by atoms with E-state index in [0.717, 1.165) is 11.3 Å². The third-order valence-corrected chi connectivity index (χ3v) is 4.24. The van der Waals surface area contributed by atoms with Crippen molar-refractivity contribution in [2.24, 2.45) is 0 Å². The van der Waals surface area contributed by atoms with Crippen molar-refractivity contribution in [1.82, 2.24) is 14.9 Å². The summed E-state index contributed by atoms with van der Waals surface area (Å²) in [5, 5.41) is 0.545. The number of nitrogens with zero attached hydrogens (tertiary/aromatic N) is 2. The second-order valence-corrected chi connectivity index (χ2v) is 6.13. The molecule has 1 heterocycles. The highest BCUT2D eigenvalue weighted by atomic mass is 16.5. The molecule has 0 aliphatic rings. The maximum absolute atomic E-state index is 12.4. The van der Waals surface area contributed by atoms with Gasteiger partial charge in [0, 0.05) is 13.5 Å². The molecule has 26 heavy (non-hydrogen) atoms. The Kier molecular flexibility index (Phi) is 5.31. The van der Waals surface area contributed by atoms with E-state index in [9.17, 15) is 9.59 Å². The number of carbonyl (C=O) groups is 1. The SMILES string of the molecule is COc1cccc(CCC(=O)N(C)Cc2nc3ccccc3c(=O)[nH]2)c1. The van der Waals surface area contributed by atoms with Gasteiger partial charge in [0.15, 0.2) is 0 Å². The minimum absolute atomic E-state index is 0.0105. The lowest BCUT2D eigenvalue weighted by Crippen LogP contribution is -2.28. The van der Waals surface area contributed by atoms with E-state index in [4.69, 9.17) is 4.74 Å². The van der Waals surface area contributed by atoms with Gasteiger partial charge in [-0.25, -0.2) is 4.98 Å². The van der Waals surface area contributed by atoms with Crippen molar-refractivity contribution in [2.75, 3.05) is 14.2 Å². The number of para-hydroxylation sites is 1. The molecule has 6 heteroatoms. The fourth-order valence-electron chi connectivity index (χ4n) is 2.79. The first-order chi connectivity index (χ1) is 12.6. The minimum Gasteiger partial charge on any atom is -0.497 e. The number of aromatic nitrogens is 2. The molecule has 2 aromatic carbocycles. The highest BCUT2D eigenvalue weighted by molar-refractivity contribution is 5.78. The van der Waals surface area contributed by atoms with Gasteiger partial charge in [-0.05, 0) is 36.2 Å². The standard InChI is InChI=1S/C20H21N3O3/c1-23(19(24)11-10-14-6-5-7-15(12-14)26-2)13-18-21-17-9-4-3-8-16(17)20(25)22-18/h3-9,12H,10-11,13H2,1-2H3,(H,21,22,25). The fraction of sp³-hybridized carbons (Fsp3) is 0.250. The van der Waals surface area contributed by atoms with E-state index in [1.807, 2.05) is 30.3 Å². The molecule has 1 N–H and O–H groups in total. The number of rotatable bonds is 6. The quantitative estimate of drug-likeness (QED) is 0.740. The van der Waals surface area contributed by atoms with E-state index in [2.05, 4.69) is 9.97 Å². The second-order valence-electron chi connectivity index (χ2n) is 6.13. The van der Waals surface area contributed by atoms with Crippen LogP contribution in [0.1, 0.15) is 17.8 Å². The van der Waals surface area contributed by atoms with Crippen molar-refractivity contribution < 1.29 is 9.53 Å². The zero-order valence-corrected chi connectivity index (χ0v) is 14.9. The molecule has 0 saturated carbocycles. The normalized spacial score (nSPS) is 10.7. The van der Waals surface area contributed by atoms with Gasteiger partial charge in [0.2, 0.25) is 5.91 Å². The summed E-state index contributed by atoms with van der Waals surface area (Å²) >= 11 is 0. The van der Waals surface area contributed by atoms with Gasteiger partial charge in [-0.15, -0.1) is 0 Å². The van der Waals surface area contributed by atoms with E-state index < -0.39 is 0 Å². The Morgan fingerprint density at radius 3 is 2.81 bits per heavy atom. The summed E-state index contributed by atoms with van der Waals surface area (Å²) in [5.41, 5.74) is 1.48. The zero-order chi connectivity index (χ0) is 18.5. The summed E-state index contributed by atoms with van der Waals surface area (Å²) in [5.74, 6) is 1.25. The van der Waals surface area contributed by atoms with E-state index in [-0.39, 0.29) is 18.0 Å². The van der Waals surface area contributed by atoms with Gasteiger partial charge in [0.05, 0.1) is 24.6 Å². The fourth-order valence-corrected chi connectivity index (χ4v) is 2.79. The number of amides is 1. The highest BCUT2D eigenvalue weighted by Crippen LogP contribution is 2.14. The Bertz CT molecular complexity index is 981. The maximum atomic E-state index is 12.4. The average Bonchev–Trinajstić information content (AvgIpc) is 2.66. The first kappa shape index (κ1) is 17.7. The molecule has 0 bridgehead atoms. The average molecular weight is 351 g/mol. The van der Waals surface area contributed by atoms with E-state index in [1.165, 1.54) is 0 Å². The van der Waals surface area contributed by atoms with Gasteiger partial charge in [-0.3, -0.25) is 9.59 Å². The summed E-state index contributed by atoms with van der Waals surface area (Å²) < 4.78 is 5.20. The van der Waals surface area contributed by atoms with Crippen molar-refractivity contribution in [3.63, 3.8) is 0 Å². The largest absolute Gasteiger partial charge is 0.497 e. The third kappa shape index (κ3) is 4.08. The molecule has 0 aliphatic carbocycles. The van der Waals surface area contributed by atoms with E-state index >= 15 is 0 Å². The molecule has 0 spiro atoms. The van der Waals surface area contributed by atoms with Crippen LogP contribution in [-0.4, -0.2) is 34.9 Å². The number of hydrogen-bond donors (Lipinski definition) is 1. The van der Waals surface area contributed by atoms with Crippen molar-refractivity contribution in [2.45, 2.75) is 19.4 Å². The van der Waals surface area contributed by atoms with Crippen LogP contribution in [0.3, 0.4) is 0 Å². The number of aryl methyl sites for hydroxylation is 1. The molecule has 134 valence electrons. The number of nitrogens with one attached hydrogen (secondary N) is 1. The number of hydrogen-bond acceptors (Lipinski definition) is 4. The Morgan fingerprint density at radius 2 is 2.00 bits per heavy atom. The van der Waals surface area contributed by atoms with Crippen molar-refractivity contribution >= 4 is 16.8 Å². The maximum Gasteiger partial charge on any atom is 0.258 e. The number of benzene rings is 2. The van der Waals surface area contributed by atoms with Gasteiger partial charge in [0.1, 0.15) is 11.6 Å². The Labute approximate surface area is 151 Å². The molecule has 1 amide bonds. The summed E-state index contributed by atoms with van der Waals surface area (Å²) in [6.07, 6.45) is 1.00. The summed E-state index contributed by atoms with van der Waals surface area (Å²) in [6.45, 7) is 0.261. The third-order valence-electron chi connectivity index (χ3n) is 4.24. The lowest BCUT2D eigenvalue weighted by molar-refractivity contribution is -0.130. The zero-order valence-electron chi connectivity index (χ0n) is 14.9. The van der Waals surface area contributed by atoms with Crippen LogP contribution >= 0.6 is 0 Å². The molecule has 1 aromatic heterocycles. The molecule has 0 saturated heterocycles. The predicted molar refractivity (Wildman–Crippen MR) is 100 cm³/mol. The first-order valence-electron chi connectivity index (χ1n) is 8.41. The van der Waals surface area contributed by atoms with Crippen LogP contribution in [0, 0.1) is 0 Å². The van der Waals surface area contributed by atoms with E-state index in [0.29, 0.717) is 29.6 Å². The second kappa shape index (κ2) is 7.82. The number of methoxy groups -OCH3 is 1. The van der Waals surface area contributed by atoms with Crippen LogP contribution in [-0.2, 0) is 17.8 Å². The Morgan fingerprint density at radius 1 is 1.19 bits per heavy atom. The number of H-pyrrole nitrogens is 1. The number of fused-ring (bicyclic) bond motifs is 1.